The number of nitrogens with one attached hydrogen (secondary N) is 1. The van der Waals surface area contributed by atoms with E-state index < -0.39 is 6.61 Å². The lowest BCUT2D eigenvalue weighted by Gasteiger charge is -2.20. The monoisotopic (exact) mass is 311 g/mol. The van der Waals surface area contributed by atoms with Crippen LogP contribution in [0.4, 0.5) is 14.5 Å². The molecule has 0 aromatic heterocycles. The molecule has 5 heteroatoms. The van der Waals surface area contributed by atoms with E-state index in [1.807, 2.05) is 32.0 Å². The summed E-state index contributed by atoms with van der Waals surface area (Å²) in [6, 6.07) is 12.1. The summed E-state index contributed by atoms with van der Waals surface area (Å²) in [6.07, 6.45) is 0. The Kier molecular flexibility index (Phi) is 5.02. The highest BCUT2D eigenvalue weighted by molar-refractivity contribution is 6.33. The number of aryl methyl sites for hydroxylation is 1. The van der Waals surface area contributed by atoms with Crippen LogP contribution < -0.4 is 10.1 Å². The first-order valence-corrected chi connectivity index (χ1v) is 6.91. The molecule has 2 aromatic carbocycles. The molecule has 2 nitrogen and oxygen atoms in total. The van der Waals surface area contributed by atoms with Crippen molar-refractivity contribution < 1.29 is 13.5 Å². The molecule has 0 fully saturated rings. The van der Waals surface area contributed by atoms with Gasteiger partial charge in [0.05, 0.1) is 16.8 Å². The third kappa shape index (κ3) is 4.08. The van der Waals surface area contributed by atoms with Crippen LogP contribution in [0.3, 0.4) is 0 Å². The van der Waals surface area contributed by atoms with E-state index in [0.29, 0.717) is 10.6 Å². The SMILES string of the molecule is Cc1ccc(NC(C)c2ccccc2OC(F)F)c(Cl)c1. The lowest BCUT2D eigenvalue weighted by Crippen LogP contribution is -2.11. The van der Waals surface area contributed by atoms with Gasteiger partial charge in [-0.1, -0.05) is 35.9 Å². The number of rotatable bonds is 5. The molecular weight excluding hydrogens is 296 g/mol. The molecule has 2 aromatic rings. The lowest BCUT2D eigenvalue weighted by atomic mass is 10.1. The van der Waals surface area contributed by atoms with E-state index in [9.17, 15) is 8.78 Å². The molecule has 1 unspecified atom stereocenters. The zero-order chi connectivity index (χ0) is 15.4. The predicted molar refractivity (Wildman–Crippen MR) is 81.3 cm³/mol. The van der Waals surface area contributed by atoms with Crippen LogP contribution >= 0.6 is 11.6 Å². The molecule has 0 amide bonds. The summed E-state index contributed by atoms with van der Waals surface area (Å²) in [4.78, 5) is 0. The van der Waals surface area contributed by atoms with Crippen LogP contribution in [0.25, 0.3) is 0 Å². The van der Waals surface area contributed by atoms with Gasteiger partial charge in [0.15, 0.2) is 0 Å². The quantitative estimate of drug-likeness (QED) is 0.795. The third-order valence-corrected chi connectivity index (χ3v) is 3.41. The number of alkyl halides is 2. The van der Waals surface area contributed by atoms with Crippen molar-refractivity contribution >= 4 is 17.3 Å². The Hall–Kier alpha value is -1.81. The maximum atomic E-state index is 12.4. The van der Waals surface area contributed by atoms with Crippen molar-refractivity contribution in [3.05, 3.63) is 58.6 Å². The van der Waals surface area contributed by atoms with Crippen LogP contribution in [0.15, 0.2) is 42.5 Å². The number of hydrogen-bond acceptors (Lipinski definition) is 2. The molecular formula is C16H16ClF2NO. The fourth-order valence-electron chi connectivity index (χ4n) is 2.09. The number of benzene rings is 2. The molecule has 0 aliphatic rings. The van der Waals surface area contributed by atoms with Gasteiger partial charge in [-0.3, -0.25) is 0 Å². The molecule has 1 atom stereocenters. The van der Waals surface area contributed by atoms with Crippen molar-refractivity contribution in [1.29, 1.82) is 0 Å². The van der Waals surface area contributed by atoms with Crippen molar-refractivity contribution in [2.45, 2.75) is 26.5 Å². The van der Waals surface area contributed by atoms with E-state index in [4.69, 9.17) is 11.6 Å². The maximum absolute atomic E-state index is 12.4. The average Bonchev–Trinajstić information content (AvgIpc) is 2.42. The lowest BCUT2D eigenvalue weighted by molar-refractivity contribution is -0.0505. The normalized spacial score (nSPS) is 12.3. The zero-order valence-electron chi connectivity index (χ0n) is 11.7. The first-order valence-electron chi connectivity index (χ1n) is 6.54. The topological polar surface area (TPSA) is 21.3 Å². The Bertz CT molecular complexity index is 619. The molecule has 0 saturated carbocycles. The molecule has 112 valence electrons. The molecule has 21 heavy (non-hydrogen) atoms. The second kappa shape index (κ2) is 6.76. The van der Waals surface area contributed by atoms with Gasteiger partial charge in [-0.05, 0) is 37.6 Å². The van der Waals surface area contributed by atoms with Crippen molar-refractivity contribution in [2.75, 3.05) is 5.32 Å². The average molecular weight is 312 g/mol. The molecule has 0 heterocycles. The van der Waals surface area contributed by atoms with Crippen LogP contribution in [0.1, 0.15) is 24.1 Å². The van der Waals surface area contributed by atoms with Gasteiger partial charge in [0, 0.05) is 5.56 Å². The molecule has 1 N–H and O–H groups in total. The first-order chi connectivity index (χ1) is 9.97. The Balaban J connectivity index is 2.22. The van der Waals surface area contributed by atoms with Gasteiger partial charge in [-0.25, -0.2) is 0 Å². The van der Waals surface area contributed by atoms with E-state index in [2.05, 4.69) is 10.1 Å². The Morgan fingerprint density at radius 2 is 1.86 bits per heavy atom. The van der Waals surface area contributed by atoms with Crippen LogP contribution in [0, 0.1) is 6.92 Å². The first kappa shape index (κ1) is 15.6. The summed E-state index contributed by atoms with van der Waals surface area (Å²) in [7, 11) is 0. The minimum absolute atomic E-state index is 0.163. The number of halogens is 3. The minimum Gasteiger partial charge on any atom is -0.434 e. The smallest absolute Gasteiger partial charge is 0.387 e. The predicted octanol–water partition coefficient (Wildman–Crippen LogP) is 5.42. The number of hydrogen-bond donors (Lipinski definition) is 1. The zero-order valence-corrected chi connectivity index (χ0v) is 12.5. The number of para-hydroxylation sites is 1. The standard InChI is InChI=1S/C16H16ClF2NO/c1-10-7-8-14(13(17)9-10)20-11(2)12-5-3-4-6-15(12)21-16(18)19/h3-9,11,16,20H,1-2H3. The highest BCUT2D eigenvalue weighted by atomic mass is 35.5. The Labute approximate surface area is 127 Å². The highest BCUT2D eigenvalue weighted by Crippen LogP contribution is 2.31. The highest BCUT2D eigenvalue weighted by Gasteiger charge is 2.15. The number of ether oxygens (including phenoxy) is 1. The van der Waals surface area contributed by atoms with E-state index in [1.165, 1.54) is 6.07 Å². The molecule has 0 radical (unpaired) electrons. The van der Waals surface area contributed by atoms with Gasteiger partial charge in [0.2, 0.25) is 0 Å². The Morgan fingerprint density at radius 1 is 1.14 bits per heavy atom. The van der Waals surface area contributed by atoms with Crippen LogP contribution in [-0.4, -0.2) is 6.61 Å². The molecule has 0 saturated heterocycles. The third-order valence-electron chi connectivity index (χ3n) is 3.10. The van der Waals surface area contributed by atoms with Crippen molar-refractivity contribution in [3.63, 3.8) is 0 Å². The summed E-state index contributed by atoms with van der Waals surface area (Å²) in [6.45, 7) is 0.968. The van der Waals surface area contributed by atoms with E-state index in [-0.39, 0.29) is 11.8 Å². The molecule has 0 aliphatic heterocycles. The van der Waals surface area contributed by atoms with Crippen LogP contribution in [-0.2, 0) is 0 Å². The van der Waals surface area contributed by atoms with E-state index in [1.54, 1.807) is 18.2 Å². The van der Waals surface area contributed by atoms with E-state index in [0.717, 1.165) is 11.3 Å². The maximum Gasteiger partial charge on any atom is 0.387 e. The largest absolute Gasteiger partial charge is 0.434 e. The summed E-state index contributed by atoms with van der Waals surface area (Å²) < 4.78 is 29.4. The summed E-state index contributed by atoms with van der Waals surface area (Å²) in [5.41, 5.74) is 2.45. The Morgan fingerprint density at radius 3 is 2.52 bits per heavy atom. The van der Waals surface area contributed by atoms with Crippen LogP contribution in [0.5, 0.6) is 5.75 Å². The van der Waals surface area contributed by atoms with Gasteiger partial charge in [0.1, 0.15) is 5.75 Å². The van der Waals surface area contributed by atoms with Gasteiger partial charge in [0.25, 0.3) is 0 Å². The minimum atomic E-state index is -2.85. The second-order valence-corrected chi connectivity index (χ2v) is 5.17. The van der Waals surface area contributed by atoms with Gasteiger partial charge in [-0.15, -0.1) is 0 Å². The molecule has 0 aliphatic carbocycles. The fraction of sp³-hybridized carbons (Fsp3) is 0.250. The number of anilines is 1. The van der Waals surface area contributed by atoms with E-state index >= 15 is 0 Å². The van der Waals surface area contributed by atoms with Gasteiger partial charge in [-0.2, -0.15) is 8.78 Å². The molecule has 0 bridgehead atoms. The van der Waals surface area contributed by atoms with Gasteiger partial charge < -0.3 is 10.1 Å². The second-order valence-electron chi connectivity index (χ2n) is 4.77. The fourth-order valence-corrected chi connectivity index (χ4v) is 2.38. The summed E-state index contributed by atoms with van der Waals surface area (Å²) >= 11 is 6.17. The van der Waals surface area contributed by atoms with Gasteiger partial charge >= 0.3 is 6.61 Å². The summed E-state index contributed by atoms with van der Waals surface area (Å²) in [5, 5.41) is 3.80. The molecule has 0 spiro atoms. The van der Waals surface area contributed by atoms with Crippen LogP contribution in [0.2, 0.25) is 5.02 Å². The van der Waals surface area contributed by atoms with Crippen molar-refractivity contribution in [1.82, 2.24) is 0 Å². The molecule has 2 rings (SSSR count). The van der Waals surface area contributed by atoms with Crippen molar-refractivity contribution in [3.8, 4) is 5.75 Å². The van der Waals surface area contributed by atoms with Crippen molar-refractivity contribution in [2.24, 2.45) is 0 Å². The summed E-state index contributed by atoms with van der Waals surface area (Å²) in [5.74, 6) is 0.163.